The molecule has 0 radical (unpaired) electrons. The van der Waals surface area contributed by atoms with Crippen LogP contribution in [0, 0.1) is 5.92 Å². The van der Waals surface area contributed by atoms with Gasteiger partial charge in [-0.15, -0.1) is 0 Å². The molecule has 3 aliphatic rings. The maximum Gasteiger partial charge on any atom is 0.290 e. The van der Waals surface area contributed by atoms with Gasteiger partial charge in [0, 0.05) is 56.9 Å². The molecule has 2 amide bonds. The summed E-state index contributed by atoms with van der Waals surface area (Å²) in [5, 5.41) is 5.47. The first kappa shape index (κ1) is 23.7. The van der Waals surface area contributed by atoms with Gasteiger partial charge < -0.3 is 15.1 Å². The lowest BCUT2D eigenvalue weighted by Crippen LogP contribution is -2.38. The Balaban J connectivity index is 1.07. The Bertz CT molecular complexity index is 1080. The molecule has 5 heterocycles. The van der Waals surface area contributed by atoms with Crippen molar-refractivity contribution in [1.82, 2.24) is 30.6 Å². The highest BCUT2D eigenvalue weighted by Gasteiger charge is 2.26. The van der Waals surface area contributed by atoms with Gasteiger partial charge in [-0.1, -0.05) is 0 Å². The van der Waals surface area contributed by atoms with Gasteiger partial charge in [0.15, 0.2) is 0 Å². The van der Waals surface area contributed by atoms with Gasteiger partial charge in [-0.25, -0.2) is 19.9 Å². The molecule has 2 N–H and O–H groups in total. The second-order valence-corrected chi connectivity index (χ2v) is 10.1. The Morgan fingerprint density at radius 1 is 1.00 bits per heavy atom. The van der Waals surface area contributed by atoms with Crippen LogP contribution in [0.2, 0.25) is 0 Å². The van der Waals surface area contributed by atoms with Crippen molar-refractivity contribution in [2.24, 2.45) is 5.92 Å². The summed E-state index contributed by atoms with van der Waals surface area (Å²) < 4.78 is 0. The number of carbonyl (C=O) groups excluding carboxylic acids is 2. The molecule has 0 atom stereocenters. The molecule has 3 saturated heterocycles. The van der Waals surface area contributed by atoms with Gasteiger partial charge in [0.2, 0.25) is 11.9 Å². The van der Waals surface area contributed by atoms with E-state index in [0.29, 0.717) is 22.5 Å². The van der Waals surface area contributed by atoms with Gasteiger partial charge in [-0.3, -0.25) is 14.9 Å². The predicted octanol–water partition coefficient (Wildman–Crippen LogP) is 2.59. The van der Waals surface area contributed by atoms with Gasteiger partial charge in [0.1, 0.15) is 0 Å². The van der Waals surface area contributed by atoms with Crippen molar-refractivity contribution in [3.05, 3.63) is 40.8 Å². The lowest BCUT2D eigenvalue weighted by Gasteiger charge is -2.32. The molecule has 35 heavy (non-hydrogen) atoms. The molecule has 0 saturated carbocycles. The first-order chi connectivity index (χ1) is 17.1. The van der Waals surface area contributed by atoms with E-state index in [1.165, 1.54) is 19.3 Å². The number of nitrogens with one attached hydrogen (secondary N) is 2. The van der Waals surface area contributed by atoms with Crippen LogP contribution in [0.5, 0.6) is 0 Å². The average molecular weight is 495 g/mol. The molecular weight excluding hydrogens is 464 g/mol. The lowest BCUT2D eigenvalue weighted by molar-refractivity contribution is -0.115. The maximum atomic E-state index is 11.8. The molecule has 0 aliphatic carbocycles. The minimum absolute atomic E-state index is 0.354. The van der Waals surface area contributed by atoms with E-state index in [-0.39, 0.29) is 11.1 Å². The highest BCUT2D eigenvalue weighted by atomic mass is 32.2. The number of thioether (sulfide) groups is 1. The van der Waals surface area contributed by atoms with Crippen LogP contribution in [-0.4, -0.2) is 63.8 Å². The minimum atomic E-state index is -0.377. The van der Waals surface area contributed by atoms with E-state index in [1.54, 1.807) is 18.3 Å². The zero-order valence-electron chi connectivity index (χ0n) is 19.7. The molecular formula is C24H30N8O2S. The summed E-state index contributed by atoms with van der Waals surface area (Å²) in [6.07, 6.45) is 13.1. The number of amides is 2. The summed E-state index contributed by atoms with van der Waals surface area (Å²) in [5.41, 5.74) is 1.73. The second-order valence-electron chi connectivity index (χ2n) is 9.13. The Labute approximate surface area is 209 Å². The van der Waals surface area contributed by atoms with Crippen LogP contribution in [0.1, 0.15) is 43.4 Å². The highest BCUT2D eigenvalue weighted by Crippen LogP contribution is 2.26. The van der Waals surface area contributed by atoms with Crippen LogP contribution in [-0.2, 0) is 11.3 Å². The van der Waals surface area contributed by atoms with E-state index in [4.69, 9.17) is 0 Å². The molecule has 0 spiro atoms. The third kappa shape index (κ3) is 6.15. The van der Waals surface area contributed by atoms with Crippen molar-refractivity contribution < 1.29 is 9.59 Å². The van der Waals surface area contributed by atoms with Crippen LogP contribution in [0.25, 0.3) is 6.08 Å². The summed E-state index contributed by atoms with van der Waals surface area (Å²) in [7, 11) is 0. The summed E-state index contributed by atoms with van der Waals surface area (Å²) in [6, 6.07) is 1.74. The quantitative estimate of drug-likeness (QED) is 0.556. The first-order valence-electron chi connectivity index (χ1n) is 12.2. The van der Waals surface area contributed by atoms with Gasteiger partial charge in [0.05, 0.1) is 10.6 Å². The molecule has 10 nitrogen and oxygen atoms in total. The van der Waals surface area contributed by atoms with Crippen LogP contribution in [0.15, 0.2) is 29.6 Å². The Kier molecular flexibility index (Phi) is 7.53. The number of nitrogens with zero attached hydrogens (tertiary/aromatic N) is 6. The minimum Gasteiger partial charge on any atom is -0.341 e. The molecule has 11 heteroatoms. The summed E-state index contributed by atoms with van der Waals surface area (Å²) in [5.74, 6) is 1.72. The van der Waals surface area contributed by atoms with Crippen molar-refractivity contribution in [3.63, 3.8) is 0 Å². The van der Waals surface area contributed by atoms with Crippen molar-refractivity contribution in [3.8, 4) is 0 Å². The third-order valence-electron chi connectivity index (χ3n) is 6.58. The first-order valence-corrected chi connectivity index (χ1v) is 13.0. The molecule has 0 aromatic carbocycles. The predicted molar refractivity (Wildman–Crippen MR) is 136 cm³/mol. The molecule has 184 valence electrons. The standard InChI is InChI=1S/C24H30N8O2S/c33-21-20(35-24(34)30-21)12-19-4-7-26-23(29-19)32-10-5-17(6-11-32)13-25-14-18-15-27-22(28-16-18)31-8-2-1-3-9-31/h4,7,12,15-17,25H,1-3,5-6,8-11,13-14H2,(H,30,33,34)/b20-12-. The zero-order valence-corrected chi connectivity index (χ0v) is 20.5. The number of aromatic nitrogens is 4. The molecule has 3 fully saturated rings. The Morgan fingerprint density at radius 2 is 1.74 bits per heavy atom. The zero-order chi connectivity index (χ0) is 24.0. The van der Waals surface area contributed by atoms with Crippen molar-refractivity contribution in [2.75, 3.05) is 42.5 Å². The molecule has 2 aromatic rings. The fourth-order valence-electron chi connectivity index (χ4n) is 4.60. The van der Waals surface area contributed by atoms with Crippen LogP contribution >= 0.6 is 11.8 Å². The lowest BCUT2D eigenvalue weighted by atomic mass is 9.97. The van der Waals surface area contributed by atoms with E-state index in [2.05, 4.69) is 40.4 Å². The number of carbonyl (C=O) groups is 2. The number of anilines is 2. The monoisotopic (exact) mass is 494 g/mol. The number of hydrogen-bond donors (Lipinski definition) is 2. The molecule has 2 aromatic heterocycles. The summed E-state index contributed by atoms with van der Waals surface area (Å²) >= 11 is 0.894. The average Bonchev–Trinajstić information content (AvgIpc) is 3.21. The molecule has 0 unspecified atom stereocenters. The van der Waals surface area contributed by atoms with Gasteiger partial charge in [-0.05, 0) is 68.5 Å². The smallest absolute Gasteiger partial charge is 0.290 e. The van der Waals surface area contributed by atoms with Crippen LogP contribution < -0.4 is 20.4 Å². The van der Waals surface area contributed by atoms with Crippen molar-refractivity contribution >= 4 is 40.9 Å². The number of piperidine rings is 2. The second kappa shape index (κ2) is 11.1. The van der Waals surface area contributed by atoms with Crippen LogP contribution in [0.3, 0.4) is 0 Å². The normalized spacial score (nSPS) is 20.5. The van der Waals surface area contributed by atoms with E-state index in [9.17, 15) is 9.59 Å². The van der Waals surface area contributed by atoms with Gasteiger partial charge in [-0.2, -0.15) is 0 Å². The van der Waals surface area contributed by atoms with E-state index in [1.807, 2.05) is 12.4 Å². The SMILES string of the molecule is O=C1NC(=O)/C(=C/c2ccnc(N3CCC(CNCc4cnc(N5CCCCC5)nc4)CC3)n2)S1. The fraction of sp³-hybridized carbons (Fsp3) is 0.500. The fourth-order valence-corrected chi connectivity index (χ4v) is 5.27. The molecule has 0 bridgehead atoms. The number of hydrogen-bond acceptors (Lipinski definition) is 10. The van der Waals surface area contributed by atoms with E-state index >= 15 is 0 Å². The van der Waals surface area contributed by atoms with Crippen molar-refractivity contribution in [2.45, 2.75) is 38.6 Å². The maximum absolute atomic E-state index is 11.8. The largest absolute Gasteiger partial charge is 0.341 e. The number of rotatable bonds is 7. The summed E-state index contributed by atoms with van der Waals surface area (Å²) in [6.45, 7) is 5.60. The molecule has 5 rings (SSSR count). The van der Waals surface area contributed by atoms with Gasteiger partial charge in [0.25, 0.3) is 11.1 Å². The molecule has 3 aliphatic heterocycles. The number of imide groups is 1. The van der Waals surface area contributed by atoms with Gasteiger partial charge >= 0.3 is 0 Å². The van der Waals surface area contributed by atoms with Crippen LogP contribution in [0.4, 0.5) is 16.7 Å². The Morgan fingerprint density at radius 3 is 2.46 bits per heavy atom. The van der Waals surface area contributed by atoms with E-state index in [0.717, 1.165) is 75.4 Å². The highest BCUT2D eigenvalue weighted by molar-refractivity contribution is 8.18. The third-order valence-corrected chi connectivity index (χ3v) is 7.39. The Hall–Kier alpha value is -3.05. The topological polar surface area (TPSA) is 116 Å². The van der Waals surface area contributed by atoms with E-state index < -0.39 is 0 Å². The summed E-state index contributed by atoms with van der Waals surface area (Å²) in [4.78, 5) is 46.1. The van der Waals surface area contributed by atoms with Crippen molar-refractivity contribution in [1.29, 1.82) is 0 Å².